The second kappa shape index (κ2) is 10.9. The molecule has 7 heteroatoms. The third-order valence-corrected chi connectivity index (χ3v) is 7.00. The molecule has 182 valence electrons. The Morgan fingerprint density at radius 1 is 1.11 bits per heavy atom. The van der Waals surface area contributed by atoms with E-state index >= 15 is 0 Å². The number of hydrogen-bond acceptors (Lipinski definition) is 5. The number of likely N-dealkylation sites (tertiary alicyclic amines) is 1. The maximum atomic E-state index is 12.9. The molecule has 1 N–H and O–H groups in total. The number of rotatable bonds is 7. The molecule has 1 saturated heterocycles. The van der Waals surface area contributed by atoms with Crippen LogP contribution in [0.25, 0.3) is 5.57 Å². The number of carbonyl (C=O) groups is 2. The quantitative estimate of drug-likeness (QED) is 0.427. The van der Waals surface area contributed by atoms with Crippen LogP contribution in [-0.2, 0) is 0 Å². The summed E-state index contributed by atoms with van der Waals surface area (Å²) >= 11 is 1.51. The molecule has 1 aliphatic rings. The van der Waals surface area contributed by atoms with Crippen LogP contribution in [0, 0.1) is 0 Å². The minimum absolute atomic E-state index is 0.0370. The molecule has 3 aromatic rings. The van der Waals surface area contributed by atoms with Crippen LogP contribution in [0.15, 0.2) is 60.5 Å². The van der Waals surface area contributed by atoms with Crippen molar-refractivity contribution in [1.82, 2.24) is 9.88 Å². The predicted octanol–water partition coefficient (Wildman–Crippen LogP) is 6.24. The summed E-state index contributed by atoms with van der Waals surface area (Å²) in [7, 11) is 0. The minimum Gasteiger partial charge on any atom is -0.491 e. The van der Waals surface area contributed by atoms with E-state index in [9.17, 15) is 9.59 Å². The molecule has 1 aromatic heterocycles. The van der Waals surface area contributed by atoms with Gasteiger partial charge in [-0.2, -0.15) is 0 Å². The Morgan fingerprint density at radius 3 is 2.46 bits per heavy atom. The van der Waals surface area contributed by atoms with Gasteiger partial charge in [0, 0.05) is 41.2 Å². The monoisotopic (exact) mass is 489 g/mol. The number of carbonyl (C=O) groups excluding carboxylic acids is 2. The van der Waals surface area contributed by atoms with E-state index in [1.807, 2.05) is 79.6 Å². The summed E-state index contributed by atoms with van der Waals surface area (Å²) < 4.78 is 5.66. The molecule has 0 aliphatic carbocycles. The number of para-hydroxylation sites is 1. The third kappa shape index (κ3) is 5.98. The van der Waals surface area contributed by atoms with E-state index in [-0.39, 0.29) is 23.8 Å². The zero-order valence-corrected chi connectivity index (χ0v) is 21.2. The number of piperidine rings is 1. The summed E-state index contributed by atoms with van der Waals surface area (Å²) in [6, 6.07) is 15.0. The molecule has 0 radical (unpaired) electrons. The van der Waals surface area contributed by atoms with E-state index in [0.29, 0.717) is 24.3 Å². The summed E-state index contributed by atoms with van der Waals surface area (Å²) in [4.78, 5) is 32.3. The van der Waals surface area contributed by atoms with E-state index in [1.165, 1.54) is 11.3 Å². The molecule has 1 fully saturated rings. The zero-order chi connectivity index (χ0) is 24.9. The van der Waals surface area contributed by atoms with E-state index in [1.54, 1.807) is 0 Å². The Kier molecular flexibility index (Phi) is 7.66. The smallest absolute Gasteiger partial charge is 0.275 e. The van der Waals surface area contributed by atoms with Gasteiger partial charge in [-0.25, -0.2) is 4.98 Å². The lowest BCUT2D eigenvalue weighted by Gasteiger charge is -2.31. The average Bonchev–Trinajstić information content (AvgIpc) is 3.35. The van der Waals surface area contributed by atoms with Crippen LogP contribution in [0.5, 0.6) is 5.75 Å². The highest BCUT2D eigenvalue weighted by atomic mass is 32.1. The Labute approximate surface area is 210 Å². The largest absolute Gasteiger partial charge is 0.491 e. The van der Waals surface area contributed by atoms with Gasteiger partial charge in [-0.3, -0.25) is 9.59 Å². The minimum atomic E-state index is -0.223. The van der Waals surface area contributed by atoms with Crippen LogP contribution < -0.4 is 10.1 Å². The van der Waals surface area contributed by atoms with E-state index in [0.717, 1.165) is 40.4 Å². The predicted molar refractivity (Wildman–Crippen MR) is 141 cm³/mol. The molecule has 2 amide bonds. The van der Waals surface area contributed by atoms with Gasteiger partial charge in [0.2, 0.25) is 0 Å². The van der Waals surface area contributed by atoms with Crippen LogP contribution in [0.2, 0.25) is 0 Å². The number of hydrogen-bond donors (Lipinski definition) is 1. The van der Waals surface area contributed by atoms with E-state index in [4.69, 9.17) is 4.74 Å². The van der Waals surface area contributed by atoms with Gasteiger partial charge in [-0.1, -0.05) is 24.8 Å². The van der Waals surface area contributed by atoms with Crippen molar-refractivity contribution in [1.29, 1.82) is 0 Å². The second-order valence-electron chi connectivity index (χ2n) is 9.11. The highest BCUT2D eigenvalue weighted by Gasteiger charge is 2.27. The summed E-state index contributed by atoms with van der Waals surface area (Å²) in [5.74, 6) is 0.825. The van der Waals surface area contributed by atoms with Crippen LogP contribution in [0.1, 0.15) is 70.9 Å². The number of allylic oxidation sites excluding steroid dienone is 1. The lowest BCUT2D eigenvalue weighted by Crippen LogP contribution is -2.37. The molecule has 0 unspecified atom stereocenters. The fourth-order valence-corrected chi connectivity index (χ4v) is 5.16. The van der Waals surface area contributed by atoms with Crippen molar-refractivity contribution >= 4 is 34.4 Å². The van der Waals surface area contributed by atoms with Gasteiger partial charge in [0.05, 0.1) is 11.1 Å². The van der Waals surface area contributed by atoms with Crippen molar-refractivity contribution in [2.45, 2.75) is 45.6 Å². The third-order valence-electron chi connectivity index (χ3n) is 5.99. The van der Waals surface area contributed by atoms with Crippen LogP contribution >= 0.6 is 11.3 Å². The molecule has 0 spiro atoms. The SMILES string of the molecule is C=C(C)c1ccccc1NC(=O)c1csc(C2CCN(C(=O)c3ccc(OC(C)C)cc3)CC2)n1. The topological polar surface area (TPSA) is 71.5 Å². The molecule has 2 heterocycles. The Morgan fingerprint density at radius 2 is 1.80 bits per heavy atom. The molecule has 2 aromatic carbocycles. The van der Waals surface area contributed by atoms with Crippen molar-refractivity contribution in [3.05, 3.63) is 82.3 Å². The Hall–Kier alpha value is -3.45. The molecular formula is C28H31N3O3S. The number of benzene rings is 2. The normalized spacial score (nSPS) is 14.1. The summed E-state index contributed by atoms with van der Waals surface area (Å²) in [6.07, 6.45) is 1.75. The van der Waals surface area contributed by atoms with Gasteiger partial charge in [0.15, 0.2) is 0 Å². The standard InChI is InChI=1S/C28H31N3O3S/c1-18(2)23-7-5-6-8-24(23)29-26(32)25-17-35-27(30-25)20-13-15-31(16-14-20)28(33)21-9-11-22(12-10-21)34-19(3)4/h5-12,17,19-20H,1,13-16H2,2-4H3,(H,29,32). The first-order valence-electron chi connectivity index (χ1n) is 11.9. The highest BCUT2D eigenvalue weighted by Crippen LogP contribution is 2.31. The number of ether oxygens (including phenoxy) is 1. The molecule has 0 bridgehead atoms. The second-order valence-corrected chi connectivity index (χ2v) is 10.00. The Bertz CT molecular complexity index is 1210. The van der Waals surface area contributed by atoms with Gasteiger partial charge in [0.1, 0.15) is 11.4 Å². The number of amides is 2. The fourth-order valence-electron chi connectivity index (χ4n) is 4.19. The van der Waals surface area contributed by atoms with Crippen LogP contribution in [-0.4, -0.2) is 40.9 Å². The molecule has 4 rings (SSSR count). The summed E-state index contributed by atoms with van der Waals surface area (Å²) in [5, 5.41) is 5.72. The van der Waals surface area contributed by atoms with Crippen molar-refractivity contribution in [3.63, 3.8) is 0 Å². The van der Waals surface area contributed by atoms with Gasteiger partial charge in [-0.15, -0.1) is 11.3 Å². The van der Waals surface area contributed by atoms with Crippen molar-refractivity contribution in [3.8, 4) is 5.75 Å². The molecule has 35 heavy (non-hydrogen) atoms. The Balaban J connectivity index is 1.34. The van der Waals surface area contributed by atoms with Crippen molar-refractivity contribution in [2.75, 3.05) is 18.4 Å². The lowest BCUT2D eigenvalue weighted by molar-refractivity contribution is 0.0713. The summed E-state index contributed by atoms with van der Waals surface area (Å²) in [6.45, 7) is 11.2. The molecule has 0 saturated carbocycles. The van der Waals surface area contributed by atoms with Crippen molar-refractivity contribution < 1.29 is 14.3 Å². The first-order valence-corrected chi connectivity index (χ1v) is 12.8. The number of aromatic nitrogens is 1. The lowest BCUT2D eigenvalue weighted by atomic mass is 9.97. The maximum Gasteiger partial charge on any atom is 0.275 e. The average molecular weight is 490 g/mol. The maximum absolute atomic E-state index is 12.9. The number of anilines is 1. The van der Waals surface area contributed by atoms with Crippen molar-refractivity contribution in [2.24, 2.45) is 0 Å². The van der Waals surface area contributed by atoms with Crippen LogP contribution in [0.3, 0.4) is 0 Å². The van der Waals surface area contributed by atoms with Gasteiger partial charge in [0.25, 0.3) is 11.8 Å². The van der Waals surface area contributed by atoms with Gasteiger partial charge in [-0.05, 0) is 69.5 Å². The molecule has 6 nitrogen and oxygen atoms in total. The van der Waals surface area contributed by atoms with Gasteiger partial charge < -0.3 is 15.0 Å². The highest BCUT2D eigenvalue weighted by molar-refractivity contribution is 7.10. The number of thiazole rings is 1. The fraction of sp³-hybridized carbons (Fsp3) is 0.321. The molecule has 1 aliphatic heterocycles. The van der Waals surface area contributed by atoms with E-state index < -0.39 is 0 Å². The number of nitrogens with one attached hydrogen (secondary N) is 1. The number of nitrogens with zero attached hydrogens (tertiary/aromatic N) is 2. The summed E-state index contributed by atoms with van der Waals surface area (Å²) in [5.41, 5.74) is 3.62. The van der Waals surface area contributed by atoms with Crippen LogP contribution in [0.4, 0.5) is 5.69 Å². The first-order chi connectivity index (χ1) is 16.8. The molecule has 0 atom stereocenters. The van der Waals surface area contributed by atoms with Gasteiger partial charge >= 0.3 is 0 Å². The van der Waals surface area contributed by atoms with E-state index in [2.05, 4.69) is 16.9 Å². The zero-order valence-electron chi connectivity index (χ0n) is 20.4. The molecular weight excluding hydrogens is 458 g/mol. The first kappa shape index (κ1) is 24.7.